The predicted molar refractivity (Wildman–Crippen MR) is 181 cm³/mol. The Kier molecular flexibility index (Phi) is 7.51. The Hall–Kier alpha value is -5.56. The molecular formula is C35H29F2N5O5S. The van der Waals surface area contributed by atoms with Crippen LogP contribution in [0.2, 0.25) is 0 Å². The van der Waals surface area contributed by atoms with Gasteiger partial charge in [0.05, 0.1) is 33.9 Å². The van der Waals surface area contributed by atoms with Crippen LogP contribution in [0.15, 0.2) is 82.2 Å². The lowest BCUT2D eigenvalue weighted by Crippen LogP contribution is -2.20. The van der Waals surface area contributed by atoms with Gasteiger partial charge in [-0.15, -0.1) is 0 Å². The maximum atomic E-state index is 14.7. The number of anilines is 1. The number of nitrogens with one attached hydrogen (secondary N) is 1. The van der Waals surface area contributed by atoms with E-state index in [4.69, 9.17) is 14.1 Å². The predicted octanol–water partition coefficient (Wildman–Crippen LogP) is 7.29. The maximum Gasteiger partial charge on any atom is 0.283 e. The summed E-state index contributed by atoms with van der Waals surface area (Å²) in [5.74, 6) is -0.603. The minimum absolute atomic E-state index is 0.112. The Bertz CT molecular complexity index is 2410. The lowest BCUT2D eigenvalue weighted by molar-refractivity contribution is 0.100. The summed E-state index contributed by atoms with van der Waals surface area (Å²) in [6.07, 6.45) is 0. The molecule has 3 aromatic carbocycles. The van der Waals surface area contributed by atoms with Crippen LogP contribution in [0, 0.1) is 11.6 Å². The van der Waals surface area contributed by atoms with Gasteiger partial charge in [-0.2, -0.15) is 4.99 Å². The third kappa shape index (κ3) is 5.35. The van der Waals surface area contributed by atoms with E-state index >= 15 is 0 Å². The van der Waals surface area contributed by atoms with Crippen molar-refractivity contribution in [2.75, 3.05) is 24.6 Å². The van der Waals surface area contributed by atoms with Crippen molar-refractivity contribution in [1.29, 1.82) is 0 Å². The molecule has 10 nitrogen and oxygen atoms in total. The number of hydrogen-bond acceptors (Lipinski definition) is 6. The zero-order valence-corrected chi connectivity index (χ0v) is 27.2. The molecule has 1 N–H and O–H groups in total. The van der Waals surface area contributed by atoms with E-state index in [1.54, 1.807) is 62.3 Å². The normalized spacial score (nSPS) is 12.9. The van der Waals surface area contributed by atoms with Crippen molar-refractivity contribution in [2.45, 2.75) is 20.6 Å². The van der Waals surface area contributed by atoms with Crippen LogP contribution in [0.5, 0.6) is 5.75 Å². The highest BCUT2D eigenvalue weighted by Gasteiger charge is 2.27. The number of aromatic nitrogens is 2. The molecule has 0 fully saturated rings. The molecule has 0 saturated carbocycles. The van der Waals surface area contributed by atoms with Crippen molar-refractivity contribution in [3.8, 4) is 39.7 Å². The van der Waals surface area contributed by atoms with Crippen LogP contribution >= 0.6 is 0 Å². The fourth-order valence-electron chi connectivity index (χ4n) is 5.61. The Morgan fingerprint density at radius 1 is 1.04 bits per heavy atom. The number of nitrogens with zero attached hydrogens (tertiary/aromatic N) is 4. The minimum Gasteiger partial charge on any atom is -0.470 e. The second-order valence-corrected chi connectivity index (χ2v) is 13.5. The molecule has 0 radical (unpaired) electrons. The summed E-state index contributed by atoms with van der Waals surface area (Å²) in [4.78, 5) is 24.7. The highest BCUT2D eigenvalue weighted by Crippen LogP contribution is 2.43. The number of benzene rings is 3. The van der Waals surface area contributed by atoms with Gasteiger partial charge in [-0.3, -0.25) is 9.52 Å². The van der Waals surface area contributed by atoms with Crippen molar-refractivity contribution < 1.29 is 31.1 Å². The lowest BCUT2D eigenvalue weighted by atomic mass is 10.0. The third-order valence-corrected chi connectivity index (χ3v) is 9.61. The Balaban J connectivity index is 1.48. The first-order chi connectivity index (χ1) is 22.9. The SMILES string of the molecule is CCS(=O)(=O)Nc1cc2oc(-c3ccc(F)cc3)c(C(=O)N=C(C)N(C)C)c2cc1-c1ccc2c(n1)-c1cc3c(F)cccc3n1CO2. The van der Waals surface area contributed by atoms with Crippen molar-refractivity contribution in [2.24, 2.45) is 4.99 Å². The fraction of sp³-hybridized carbons (Fsp3) is 0.171. The van der Waals surface area contributed by atoms with Gasteiger partial charge in [-0.1, -0.05) is 6.07 Å². The molecule has 48 heavy (non-hydrogen) atoms. The number of carbonyl (C=O) groups is 1. The molecule has 1 aliphatic heterocycles. The molecule has 244 valence electrons. The lowest BCUT2D eigenvalue weighted by Gasteiger charge is -2.21. The van der Waals surface area contributed by atoms with Crippen LogP contribution in [0.1, 0.15) is 24.2 Å². The topological polar surface area (TPSA) is 119 Å². The number of fused-ring (bicyclic) bond motifs is 6. The van der Waals surface area contributed by atoms with E-state index in [1.807, 2.05) is 4.57 Å². The summed E-state index contributed by atoms with van der Waals surface area (Å²) in [6.45, 7) is 3.35. The Morgan fingerprint density at radius 3 is 2.54 bits per heavy atom. The highest BCUT2D eigenvalue weighted by molar-refractivity contribution is 7.92. The number of hydrogen-bond donors (Lipinski definition) is 1. The number of amidine groups is 1. The van der Waals surface area contributed by atoms with Crippen LogP contribution in [-0.4, -0.2) is 54.5 Å². The summed E-state index contributed by atoms with van der Waals surface area (Å²) in [7, 11) is -0.280. The molecular weight excluding hydrogens is 640 g/mol. The van der Waals surface area contributed by atoms with Gasteiger partial charge in [-0.25, -0.2) is 22.2 Å². The molecule has 0 bridgehead atoms. The molecule has 3 aromatic heterocycles. The minimum atomic E-state index is -3.79. The number of rotatable bonds is 6. The second kappa shape index (κ2) is 11.6. The van der Waals surface area contributed by atoms with Crippen LogP contribution in [0.3, 0.4) is 0 Å². The van der Waals surface area contributed by atoms with Crippen molar-refractivity contribution in [3.63, 3.8) is 0 Å². The highest BCUT2D eigenvalue weighted by atomic mass is 32.2. The molecule has 0 aliphatic carbocycles. The first-order valence-electron chi connectivity index (χ1n) is 15.0. The van der Waals surface area contributed by atoms with Gasteiger partial charge in [0.2, 0.25) is 10.0 Å². The monoisotopic (exact) mass is 669 g/mol. The van der Waals surface area contributed by atoms with Crippen LogP contribution in [-0.2, 0) is 16.8 Å². The fourth-order valence-corrected chi connectivity index (χ4v) is 6.26. The molecule has 1 aliphatic rings. The van der Waals surface area contributed by atoms with E-state index in [9.17, 15) is 22.0 Å². The van der Waals surface area contributed by atoms with E-state index in [0.29, 0.717) is 56.1 Å². The second-order valence-electron chi connectivity index (χ2n) is 11.5. The van der Waals surface area contributed by atoms with Crippen LogP contribution in [0.4, 0.5) is 14.5 Å². The number of amides is 1. The number of aliphatic imine (C=N–C) groups is 1. The van der Waals surface area contributed by atoms with Crippen molar-refractivity contribution in [3.05, 3.63) is 90.0 Å². The third-order valence-electron chi connectivity index (χ3n) is 8.32. The molecule has 0 atom stereocenters. The summed E-state index contributed by atoms with van der Waals surface area (Å²) >= 11 is 0. The van der Waals surface area contributed by atoms with Gasteiger partial charge in [0, 0.05) is 42.1 Å². The van der Waals surface area contributed by atoms with Gasteiger partial charge >= 0.3 is 0 Å². The standard InChI is InChI=1S/C35H29F2N5O5S/c1-5-48(44,45)40-27-17-31-24(32(35(43)38-19(2)41(3)4)34(47-31)20-9-11-21(36)12-10-20)15-23(27)26-13-14-30-33(39-26)29-16-22-25(37)7-6-8-28(22)42(29)18-46-30/h6-17,40H,5,18H2,1-4H3. The Labute approximate surface area is 274 Å². The van der Waals surface area contributed by atoms with Crippen molar-refractivity contribution in [1.82, 2.24) is 14.5 Å². The number of halogens is 2. The number of furan rings is 1. The number of pyridine rings is 1. The maximum absolute atomic E-state index is 14.7. The van der Waals surface area contributed by atoms with Crippen LogP contribution in [0.25, 0.3) is 55.8 Å². The van der Waals surface area contributed by atoms with E-state index < -0.39 is 21.7 Å². The van der Waals surface area contributed by atoms with Gasteiger partial charge < -0.3 is 18.6 Å². The first-order valence-corrected chi connectivity index (χ1v) is 16.7. The zero-order chi connectivity index (χ0) is 33.9. The first kappa shape index (κ1) is 31.1. The average Bonchev–Trinajstić information content (AvgIpc) is 3.64. The molecule has 7 rings (SSSR count). The smallest absolute Gasteiger partial charge is 0.283 e. The van der Waals surface area contributed by atoms with E-state index in [2.05, 4.69) is 9.71 Å². The van der Waals surface area contributed by atoms with E-state index in [1.165, 1.54) is 43.3 Å². The zero-order valence-electron chi connectivity index (χ0n) is 26.3. The summed E-state index contributed by atoms with van der Waals surface area (Å²) in [5.41, 5.74) is 3.29. The van der Waals surface area contributed by atoms with E-state index in [0.717, 1.165) is 0 Å². The van der Waals surface area contributed by atoms with Gasteiger partial charge in [0.15, 0.2) is 6.73 Å². The molecule has 6 aromatic rings. The van der Waals surface area contributed by atoms with Gasteiger partial charge in [-0.05, 0) is 74.5 Å². The molecule has 0 spiro atoms. The van der Waals surface area contributed by atoms with Crippen LogP contribution < -0.4 is 9.46 Å². The average molecular weight is 670 g/mol. The summed E-state index contributed by atoms with van der Waals surface area (Å²) in [6, 6.07) is 18.5. The quantitative estimate of drug-likeness (QED) is 0.146. The molecule has 0 unspecified atom stereocenters. The van der Waals surface area contributed by atoms with Gasteiger partial charge in [0.25, 0.3) is 5.91 Å². The molecule has 1 amide bonds. The molecule has 0 saturated heterocycles. The molecule has 13 heteroatoms. The van der Waals surface area contributed by atoms with Gasteiger partial charge in [0.1, 0.15) is 40.3 Å². The number of ether oxygens (including phenoxy) is 1. The van der Waals surface area contributed by atoms with Crippen molar-refractivity contribution >= 4 is 49.3 Å². The Morgan fingerprint density at radius 2 is 1.81 bits per heavy atom. The van der Waals surface area contributed by atoms with E-state index in [-0.39, 0.29) is 40.9 Å². The summed E-state index contributed by atoms with van der Waals surface area (Å²) < 4.78 is 71.1. The number of sulfonamides is 1. The molecule has 4 heterocycles. The number of carbonyl (C=O) groups excluding carboxylic acids is 1. The largest absolute Gasteiger partial charge is 0.470 e. The summed E-state index contributed by atoms with van der Waals surface area (Å²) in [5, 5.41) is 0.758.